The van der Waals surface area contributed by atoms with E-state index in [1.807, 2.05) is 30.3 Å². The Balaban J connectivity index is 2.06. The highest BCUT2D eigenvalue weighted by molar-refractivity contribution is 9.11. The van der Waals surface area contributed by atoms with Gasteiger partial charge >= 0.3 is 0 Å². The summed E-state index contributed by atoms with van der Waals surface area (Å²) in [6, 6.07) is 10.7. The first-order chi connectivity index (χ1) is 9.40. The maximum absolute atomic E-state index is 12.1. The number of hydrogen-bond acceptors (Lipinski definition) is 3. The first kappa shape index (κ1) is 16.3. The van der Waals surface area contributed by atoms with Crippen molar-refractivity contribution in [3.05, 3.63) is 50.8 Å². The molecule has 0 fully saturated rings. The summed E-state index contributed by atoms with van der Waals surface area (Å²) in [5.41, 5.74) is 0.863. The van der Waals surface area contributed by atoms with Crippen molar-refractivity contribution in [1.29, 1.82) is 0 Å². The second-order valence-corrected chi connectivity index (χ2v) is 9.22. The molecule has 3 nitrogen and oxygen atoms in total. The summed E-state index contributed by atoms with van der Waals surface area (Å²) >= 11 is 16.3. The Bertz CT molecular complexity index is 669. The molecule has 1 heterocycles. The Morgan fingerprint density at radius 2 is 1.95 bits per heavy atom. The molecule has 0 saturated carbocycles. The average Bonchev–Trinajstić information content (AvgIpc) is 2.78. The van der Waals surface area contributed by atoms with E-state index in [1.165, 1.54) is 6.07 Å². The fourth-order valence-corrected chi connectivity index (χ4v) is 5.30. The maximum Gasteiger partial charge on any atom is 0.250 e. The second kappa shape index (κ2) is 6.77. The van der Waals surface area contributed by atoms with Crippen molar-refractivity contribution >= 4 is 60.5 Å². The second-order valence-electron chi connectivity index (χ2n) is 3.92. The number of halogens is 3. The van der Waals surface area contributed by atoms with E-state index < -0.39 is 15.4 Å². The van der Waals surface area contributed by atoms with Gasteiger partial charge in [-0.15, -0.1) is 22.9 Å². The summed E-state index contributed by atoms with van der Waals surface area (Å²) in [6.07, 6.45) is 0. The van der Waals surface area contributed by atoms with Gasteiger partial charge in [0.25, 0.3) is 0 Å². The Morgan fingerprint density at radius 3 is 2.50 bits per heavy atom. The van der Waals surface area contributed by atoms with Crippen molar-refractivity contribution < 1.29 is 8.42 Å². The third-order valence-electron chi connectivity index (χ3n) is 2.50. The minimum Gasteiger partial charge on any atom is -0.209 e. The first-order valence-corrected chi connectivity index (χ1v) is 9.44. The topological polar surface area (TPSA) is 46.2 Å². The summed E-state index contributed by atoms with van der Waals surface area (Å²) in [4.78, 5) is 0. The number of sulfonamides is 1. The highest BCUT2D eigenvalue weighted by atomic mass is 79.9. The van der Waals surface area contributed by atoms with Gasteiger partial charge in [-0.25, -0.2) is 13.1 Å². The van der Waals surface area contributed by atoms with E-state index in [1.54, 1.807) is 0 Å². The third-order valence-corrected chi connectivity index (χ3v) is 7.28. The van der Waals surface area contributed by atoms with Crippen molar-refractivity contribution in [2.24, 2.45) is 0 Å². The van der Waals surface area contributed by atoms with Gasteiger partial charge in [0.15, 0.2) is 0 Å². The molecule has 0 aliphatic heterocycles. The lowest BCUT2D eigenvalue weighted by molar-refractivity contribution is 0.583. The molecule has 8 heteroatoms. The molecule has 0 aliphatic carbocycles. The van der Waals surface area contributed by atoms with Gasteiger partial charge < -0.3 is 0 Å². The highest BCUT2D eigenvalue weighted by Gasteiger charge is 2.20. The van der Waals surface area contributed by atoms with Crippen molar-refractivity contribution in [3.63, 3.8) is 0 Å². The number of alkyl halides is 1. The lowest BCUT2D eigenvalue weighted by atomic mass is 10.1. The summed E-state index contributed by atoms with van der Waals surface area (Å²) < 4.78 is 27.4. The Hall–Kier alpha value is -0.110. The van der Waals surface area contributed by atoms with Gasteiger partial charge in [0.2, 0.25) is 10.0 Å². The van der Waals surface area contributed by atoms with Crippen LogP contribution in [0.5, 0.6) is 0 Å². The number of hydrogen-bond donors (Lipinski definition) is 1. The van der Waals surface area contributed by atoms with E-state index in [4.69, 9.17) is 23.2 Å². The predicted molar refractivity (Wildman–Crippen MR) is 87.3 cm³/mol. The predicted octanol–water partition coefficient (Wildman–Crippen LogP) is 4.42. The van der Waals surface area contributed by atoms with Gasteiger partial charge in [0.05, 0.1) is 14.2 Å². The van der Waals surface area contributed by atoms with Crippen LogP contribution in [0.25, 0.3) is 0 Å². The number of rotatable bonds is 5. The van der Waals surface area contributed by atoms with Crippen molar-refractivity contribution in [2.75, 3.05) is 6.54 Å². The largest absolute Gasteiger partial charge is 0.250 e. The standard InChI is InChI=1S/C12H10BrCl2NO2S2/c13-12-9(14)6-11(19-12)20(17,18)16-7-10(15)8-4-2-1-3-5-8/h1-6,10,16H,7H2. The van der Waals surface area contributed by atoms with E-state index in [-0.39, 0.29) is 10.8 Å². The Kier molecular flexibility index (Phi) is 5.50. The molecule has 0 radical (unpaired) electrons. The molecule has 1 aromatic carbocycles. The molecule has 1 unspecified atom stereocenters. The molecule has 1 atom stereocenters. The minimum absolute atomic E-state index is 0.112. The van der Waals surface area contributed by atoms with E-state index in [0.717, 1.165) is 16.9 Å². The summed E-state index contributed by atoms with van der Waals surface area (Å²) in [5, 5.41) is -0.0503. The number of nitrogens with one attached hydrogen (secondary N) is 1. The fourth-order valence-electron chi connectivity index (χ4n) is 1.49. The van der Waals surface area contributed by atoms with E-state index >= 15 is 0 Å². The molecular weight excluding hydrogens is 405 g/mol. The van der Waals surface area contributed by atoms with Gasteiger partial charge in [-0.1, -0.05) is 41.9 Å². The molecule has 1 aromatic heterocycles. The van der Waals surface area contributed by atoms with Crippen molar-refractivity contribution in [1.82, 2.24) is 4.72 Å². The van der Waals surface area contributed by atoms with Crippen LogP contribution in [0.15, 0.2) is 44.4 Å². The highest BCUT2D eigenvalue weighted by Crippen LogP contribution is 2.34. The van der Waals surface area contributed by atoms with Crippen LogP contribution in [0, 0.1) is 0 Å². The zero-order valence-electron chi connectivity index (χ0n) is 10.0. The molecule has 0 spiro atoms. The monoisotopic (exact) mass is 413 g/mol. The molecule has 0 amide bonds. The zero-order valence-corrected chi connectivity index (χ0v) is 14.7. The molecule has 2 rings (SSSR count). The number of thiophene rings is 1. The van der Waals surface area contributed by atoms with Crippen LogP contribution in [0.1, 0.15) is 10.9 Å². The van der Waals surface area contributed by atoms with E-state index in [9.17, 15) is 8.42 Å². The fraction of sp³-hybridized carbons (Fsp3) is 0.167. The molecule has 20 heavy (non-hydrogen) atoms. The molecule has 0 aliphatic rings. The average molecular weight is 415 g/mol. The normalized spacial score (nSPS) is 13.3. The van der Waals surface area contributed by atoms with Crippen molar-refractivity contribution in [2.45, 2.75) is 9.59 Å². The van der Waals surface area contributed by atoms with Gasteiger partial charge in [0, 0.05) is 6.54 Å². The van der Waals surface area contributed by atoms with Crippen LogP contribution in [-0.4, -0.2) is 15.0 Å². The summed E-state index contributed by atoms with van der Waals surface area (Å²) in [5.74, 6) is 0. The molecule has 108 valence electrons. The Morgan fingerprint density at radius 1 is 1.30 bits per heavy atom. The van der Waals surface area contributed by atoms with Crippen LogP contribution in [0.2, 0.25) is 5.02 Å². The van der Waals surface area contributed by atoms with Gasteiger partial charge in [-0.2, -0.15) is 0 Å². The van der Waals surface area contributed by atoms with E-state index in [2.05, 4.69) is 20.7 Å². The maximum atomic E-state index is 12.1. The molecular formula is C12H10BrCl2NO2S2. The third kappa shape index (κ3) is 3.96. The Labute approximate surface area is 140 Å². The van der Waals surface area contributed by atoms with Crippen LogP contribution >= 0.6 is 50.5 Å². The van der Waals surface area contributed by atoms with Crippen LogP contribution in [-0.2, 0) is 10.0 Å². The molecule has 1 N–H and O–H groups in total. The zero-order chi connectivity index (χ0) is 14.8. The smallest absolute Gasteiger partial charge is 0.209 e. The van der Waals surface area contributed by atoms with Gasteiger partial charge in [-0.05, 0) is 27.6 Å². The van der Waals surface area contributed by atoms with Crippen LogP contribution in [0.3, 0.4) is 0 Å². The van der Waals surface area contributed by atoms with Crippen LogP contribution in [0.4, 0.5) is 0 Å². The quantitative estimate of drug-likeness (QED) is 0.735. The number of benzene rings is 1. The minimum atomic E-state index is -3.60. The van der Waals surface area contributed by atoms with E-state index in [0.29, 0.717) is 8.81 Å². The van der Waals surface area contributed by atoms with Crippen molar-refractivity contribution in [3.8, 4) is 0 Å². The van der Waals surface area contributed by atoms with Gasteiger partial charge in [-0.3, -0.25) is 0 Å². The van der Waals surface area contributed by atoms with Gasteiger partial charge in [0.1, 0.15) is 4.21 Å². The lowest BCUT2D eigenvalue weighted by Gasteiger charge is -2.10. The summed E-state index contributed by atoms with van der Waals surface area (Å²) in [6.45, 7) is 0.112. The summed E-state index contributed by atoms with van der Waals surface area (Å²) in [7, 11) is -3.60. The molecule has 0 saturated heterocycles. The lowest BCUT2D eigenvalue weighted by Crippen LogP contribution is -2.26. The van der Waals surface area contributed by atoms with Crippen LogP contribution < -0.4 is 4.72 Å². The molecule has 0 bridgehead atoms. The molecule has 2 aromatic rings. The SMILES string of the molecule is O=S(=O)(NCC(Cl)c1ccccc1)c1cc(Cl)c(Br)s1. The first-order valence-electron chi connectivity index (χ1n) is 5.53.